The molecule has 1 aromatic heterocycles. The molecule has 0 bridgehead atoms. The molecule has 21 heavy (non-hydrogen) atoms. The molecule has 0 spiro atoms. The fraction of sp³-hybridized carbons (Fsp3) is 0.571. The molecule has 0 saturated carbocycles. The lowest BCUT2D eigenvalue weighted by Crippen LogP contribution is -2.34. The van der Waals surface area contributed by atoms with Crippen LogP contribution in [0.25, 0.3) is 0 Å². The van der Waals surface area contributed by atoms with Crippen molar-refractivity contribution in [1.29, 1.82) is 0 Å². The van der Waals surface area contributed by atoms with Crippen LogP contribution in [0.15, 0.2) is 22.9 Å². The Balaban J connectivity index is 2.40. The van der Waals surface area contributed by atoms with Crippen molar-refractivity contribution in [2.24, 2.45) is 0 Å². The van der Waals surface area contributed by atoms with Gasteiger partial charge >= 0.3 is 6.09 Å². The molecular formula is C14H21BrN2O4. The van der Waals surface area contributed by atoms with Crippen LogP contribution in [0.3, 0.4) is 0 Å². The molecule has 7 heteroatoms. The van der Waals surface area contributed by atoms with Gasteiger partial charge in [0.15, 0.2) is 0 Å². The predicted molar refractivity (Wildman–Crippen MR) is 81.8 cm³/mol. The maximum atomic E-state index is 11.4. The zero-order valence-corrected chi connectivity index (χ0v) is 13.9. The molecule has 2 unspecified atom stereocenters. The van der Waals surface area contributed by atoms with Gasteiger partial charge in [0.1, 0.15) is 11.7 Å². The molecule has 0 aromatic carbocycles. The van der Waals surface area contributed by atoms with E-state index in [1.807, 2.05) is 0 Å². The number of aliphatic hydroxyl groups excluding tert-OH is 2. The van der Waals surface area contributed by atoms with Crippen LogP contribution in [-0.4, -0.2) is 39.5 Å². The highest BCUT2D eigenvalue weighted by Gasteiger charge is 2.20. The average molecular weight is 361 g/mol. The zero-order chi connectivity index (χ0) is 16.0. The Morgan fingerprint density at radius 3 is 2.67 bits per heavy atom. The first-order valence-electron chi connectivity index (χ1n) is 6.62. The van der Waals surface area contributed by atoms with E-state index in [9.17, 15) is 15.0 Å². The van der Waals surface area contributed by atoms with Gasteiger partial charge in [-0.1, -0.05) is 0 Å². The van der Waals surface area contributed by atoms with Gasteiger partial charge < -0.3 is 20.3 Å². The van der Waals surface area contributed by atoms with E-state index in [1.165, 1.54) is 6.20 Å². The van der Waals surface area contributed by atoms with Crippen molar-refractivity contribution < 1.29 is 19.7 Å². The highest BCUT2D eigenvalue weighted by molar-refractivity contribution is 9.10. The van der Waals surface area contributed by atoms with Crippen molar-refractivity contribution in [3.8, 4) is 0 Å². The number of carbonyl (C=O) groups is 1. The van der Waals surface area contributed by atoms with Crippen LogP contribution in [0, 0.1) is 0 Å². The Labute approximate surface area is 132 Å². The molecule has 1 aromatic rings. The molecule has 6 nitrogen and oxygen atoms in total. The summed E-state index contributed by atoms with van der Waals surface area (Å²) in [7, 11) is 0. The number of ether oxygens (including phenoxy) is 1. The monoisotopic (exact) mass is 360 g/mol. The molecule has 1 amide bonds. The summed E-state index contributed by atoms with van der Waals surface area (Å²) in [4.78, 5) is 15.4. The summed E-state index contributed by atoms with van der Waals surface area (Å²) < 4.78 is 5.79. The smallest absolute Gasteiger partial charge is 0.407 e. The van der Waals surface area contributed by atoms with E-state index in [-0.39, 0.29) is 13.0 Å². The number of rotatable bonds is 5. The normalized spacial score (nSPS) is 14.4. The topological polar surface area (TPSA) is 91.7 Å². The molecule has 1 heterocycles. The van der Waals surface area contributed by atoms with E-state index in [1.54, 1.807) is 33.0 Å². The standard InChI is InChI=1S/C14H21BrN2O4/c1-14(2,3)21-13(20)17-5-4-11(18)12(19)9-6-10(15)8-16-7-9/h6-8,11-12,18-19H,4-5H2,1-3H3,(H,17,20). The van der Waals surface area contributed by atoms with Gasteiger partial charge in [-0.05, 0) is 49.2 Å². The van der Waals surface area contributed by atoms with Gasteiger partial charge in [-0.25, -0.2) is 4.79 Å². The lowest BCUT2D eigenvalue weighted by Gasteiger charge is -2.21. The van der Waals surface area contributed by atoms with E-state index in [2.05, 4.69) is 26.2 Å². The zero-order valence-electron chi connectivity index (χ0n) is 12.3. The molecule has 0 fully saturated rings. The third kappa shape index (κ3) is 6.88. The van der Waals surface area contributed by atoms with Gasteiger partial charge in [0.2, 0.25) is 0 Å². The van der Waals surface area contributed by atoms with E-state index in [0.29, 0.717) is 5.56 Å². The lowest BCUT2D eigenvalue weighted by molar-refractivity contribution is 0.0121. The Morgan fingerprint density at radius 1 is 1.43 bits per heavy atom. The highest BCUT2D eigenvalue weighted by atomic mass is 79.9. The predicted octanol–water partition coefficient (Wildman–Crippen LogP) is 2.15. The summed E-state index contributed by atoms with van der Waals surface area (Å²) in [5, 5.41) is 22.5. The summed E-state index contributed by atoms with van der Waals surface area (Å²) in [6.07, 6.45) is 0.666. The van der Waals surface area contributed by atoms with Crippen LogP contribution >= 0.6 is 15.9 Å². The number of aliphatic hydroxyl groups is 2. The number of hydrogen-bond acceptors (Lipinski definition) is 5. The van der Waals surface area contributed by atoms with Gasteiger partial charge in [-0.2, -0.15) is 0 Å². The van der Waals surface area contributed by atoms with Gasteiger partial charge in [0.05, 0.1) is 6.10 Å². The van der Waals surface area contributed by atoms with Crippen LogP contribution in [0.2, 0.25) is 0 Å². The number of nitrogens with zero attached hydrogens (tertiary/aromatic N) is 1. The molecule has 0 aliphatic heterocycles. The Morgan fingerprint density at radius 2 is 2.10 bits per heavy atom. The van der Waals surface area contributed by atoms with Crippen LogP contribution < -0.4 is 5.32 Å². The van der Waals surface area contributed by atoms with Crippen molar-refractivity contribution in [3.05, 3.63) is 28.5 Å². The third-order valence-corrected chi connectivity index (χ3v) is 2.97. The molecule has 1 rings (SSSR count). The minimum atomic E-state index is -1.06. The molecule has 0 aliphatic rings. The van der Waals surface area contributed by atoms with E-state index in [4.69, 9.17) is 4.74 Å². The molecule has 2 atom stereocenters. The SMILES string of the molecule is CC(C)(C)OC(=O)NCCC(O)C(O)c1cncc(Br)c1. The van der Waals surface area contributed by atoms with E-state index in [0.717, 1.165) is 4.47 Å². The second-order valence-corrected chi connectivity index (χ2v) is 6.58. The van der Waals surface area contributed by atoms with Gasteiger partial charge in [0, 0.05) is 29.0 Å². The summed E-state index contributed by atoms with van der Waals surface area (Å²) in [6.45, 7) is 5.51. The first-order valence-corrected chi connectivity index (χ1v) is 7.42. The lowest BCUT2D eigenvalue weighted by atomic mass is 10.0. The van der Waals surface area contributed by atoms with Crippen LogP contribution in [0.5, 0.6) is 0 Å². The molecule has 0 aliphatic carbocycles. The minimum absolute atomic E-state index is 0.201. The number of halogens is 1. The van der Waals surface area contributed by atoms with Crippen LogP contribution in [0.1, 0.15) is 38.9 Å². The largest absolute Gasteiger partial charge is 0.444 e. The summed E-state index contributed by atoms with van der Waals surface area (Å²) in [5.41, 5.74) is -0.0568. The molecule has 0 radical (unpaired) electrons. The second kappa shape index (κ2) is 7.72. The van der Waals surface area contributed by atoms with E-state index < -0.39 is 23.9 Å². The van der Waals surface area contributed by atoms with Gasteiger partial charge in [-0.3, -0.25) is 4.98 Å². The Kier molecular flexibility index (Phi) is 6.57. The van der Waals surface area contributed by atoms with Crippen molar-refractivity contribution in [1.82, 2.24) is 10.3 Å². The maximum absolute atomic E-state index is 11.4. The van der Waals surface area contributed by atoms with Crippen molar-refractivity contribution >= 4 is 22.0 Å². The van der Waals surface area contributed by atoms with Crippen molar-refractivity contribution in [2.45, 2.75) is 45.0 Å². The average Bonchev–Trinajstić information content (AvgIpc) is 2.35. The van der Waals surface area contributed by atoms with Crippen molar-refractivity contribution in [2.75, 3.05) is 6.54 Å². The van der Waals surface area contributed by atoms with Gasteiger partial charge in [-0.15, -0.1) is 0 Å². The fourth-order valence-corrected chi connectivity index (χ4v) is 1.99. The number of carbonyl (C=O) groups excluding carboxylic acids is 1. The Hall–Kier alpha value is -1.18. The highest BCUT2D eigenvalue weighted by Crippen LogP contribution is 2.20. The number of amides is 1. The maximum Gasteiger partial charge on any atom is 0.407 e. The number of pyridine rings is 1. The summed E-state index contributed by atoms with van der Waals surface area (Å²) in [6, 6.07) is 1.68. The molecule has 118 valence electrons. The third-order valence-electron chi connectivity index (χ3n) is 2.54. The number of nitrogens with one attached hydrogen (secondary N) is 1. The first-order chi connectivity index (χ1) is 9.69. The summed E-state index contributed by atoms with van der Waals surface area (Å²) in [5.74, 6) is 0. The van der Waals surface area contributed by atoms with Gasteiger partial charge in [0.25, 0.3) is 0 Å². The number of hydrogen-bond donors (Lipinski definition) is 3. The number of alkyl carbamates (subject to hydrolysis) is 1. The quantitative estimate of drug-likeness (QED) is 0.748. The fourth-order valence-electron chi connectivity index (χ4n) is 1.61. The van der Waals surface area contributed by atoms with Crippen LogP contribution in [-0.2, 0) is 4.74 Å². The number of aromatic nitrogens is 1. The molecule has 3 N–H and O–H groups in total. The molecule has 0 saturated heterocycles. The second-order valence-electron chi connectivity index (χ2n) is 5.67. The van der Waals surface area contributed by atoms with Crippen LogP contribution in [0.4, 0.5) is 4.79 Å². The summed E-state index contributed by atoms with van der Waals surface area (Å²) >= 11 is 3.25. The Bertz CT molecular complexity index is 476. The first kappa shape index (κ1) is 17.9. The molecular weight excluding hydrogens is 340 g/mol. The minimum Gasteiger partial charge on any atom is -0.444 e. The van der Waals surface area contributed by atoms with Crippen molar-refractivity contribution in [3.63, 3.8) is 0 Å². The van der Waals surface area contributed by atoms with E-state index >= 15 is 0 Å².